The molecule has 0 aliphatic heterocycles. The Labute approximate surface area is 144 Å². The van der Waals surface area contributed by atoms with Crippen molar-refractivity contribution >= 4 is 27.5 Å². The summed E-state index contributed by atoms with van der Waals surface area (Å²) < 4.78 is 38.2. The standard InChI is InChI=1S/C16H14BrF3N2O2/c1-9(10-2-4-11(5-3-10)16(18,19)20)6-14(23)22-13-7-12(17)8-21-15(13)24/h2-5,7-9H,6H2,1H3,(H,21,24)(H,22,23). The molecule has 1 aromatic heterocycles. The van der Waals surface area contributed by atoms with Crippen molar-refractivity contribution in [1.82, 2.24) is 4.98 Å². The van der Waals surface area contributed by atoms with E-state index in [0.717, 1.165) is 12.1 Å². The number of alkyl halides is 3. The number of anilines is 1. The first-order valence-electron chi connectivity index (χ1n) is 7.02. The van der Waals surface area contributed by atoms with Crippen molar-refractivity contribution in [2.24, 2.45) is 0 Å². The molecule has 0 saturated heterocycles. The summed E-state index contributed by atoms with van der Waals surface area (Å²) in [5.74, 6) is -0.690. The van der Waals surface area contributed by atoms with Crippen molar-refractivity contribution in [3.8, 4) is 0 Å². The minimum atomic E-state index is -4.39. The van der Waals surface area contributed by atoms with Crippen molar-refractivity contribution in [2.45, 2.75) is 25.4 Å². The van der Waals surface area contributed by atoms with Gasteiger partial charge in [-0.05, 0) is 45.6 Å². The molecule has 4 nitrogen and oxygen atoms in total. The first-order chi connectivity index (χ1) is 11.2. The summed E-state index contributed by atoms with van der Waals surface area (Å²) >= 11 is 3.18. The molecule has 0 aliphatic rings. The third-order valence-corrected chi connectivity index (χ3v) is 3.90. The third kappa shape index (κ3) is 4.70. The summed E-state index contributed by atoms with van der Waals surface area (Å²) in [4.78, 5) is 26.1. The van der Waals surface area contributed by atoms with Crippen LogP contribution < -0.4 is 10.9 Å². The maximum atomic E-state index is 12.5. The van der Waals surface area contributed by atoms with Gasteiger partial charge in [0.15, 0.2) is 0 Å². The molecule has 1 unspecified atom stereocenters. The second-order valence-electron chi connectivity index (χ2n) is 5.33. The Morgan fingerprint density at radius 1 is 1.29 bits per heavy atom. The van der Waals surface area contributed by atoms with E-state index in [9.17, 15) is 22.8 Å². The van der Waals surface area contributed by atoms with Crippen molar-refractivity contribution in [2.75, 3.05) is 5.32 Å². The number of rotatable bonds is 4. The maximum Gasteiger partial charge on any atom is 0.416 e. The number of aromatic nitrogens is 1. The number of amides is 1. The lowest BCUT2D eigenvalue weighted by molar-refractivity contribution is -0.137. The first kappa shape index (κ1) is 18.3. The van der Waals surface area contributed by atoms with Gasteiger partial charge in [-0.25, -0.2) is 0 Å². The smallest absolute Gasteiger partial charge is 0.326 e. The largest absolute Gasteiger partial charge is 0.416 e. The molecule has 128 valence electrons. The van der Waals surface area contributed by atoms with E-state index in [1.807, 2.05) is 0 Å². The van der Waals surface area contributed by atoms with E-state index in [1.54, 1.807) is 6.92 Å². The van der Waals surface area contributed by atoms with Crippen molar-refractivity contribution < 1.29 is 18.0 Å². The monoisotopic (exact) mass is 402 g/mol. The van der Waals surface area contributed by atoms with E-state index in [-0.39, 0.29) is 18.0 Å². The second-order valence-corrected chi connectivity index (χ2v) is 6.25. The number of H-pyrrole nitrogens is 1. The van der Waals surface area contributed by atoms with E-state index in [1.165, 1.54) is 24.4 Å². The Balaban J connectivity index is 2.03. The number of benzene rings is 1. The van der Waals surface area contributed by atoms with Crippen molar-refractivity contribution in [1.29, 1.82) is 0 Å². The molecule has 0 spiro atoms. The number of aromatic amines is 1. The first-order valence-corrected chi connectivity index (χ1v) is 7.81. The van der Waals surface area contributed by atoms with Gasteiger partial charge in [0.1, 0.15) is 5.69 Å². The predicted molar refractivity (Wildman–Crippen MR) is 87.9 cm³/mol. The Kier molecular flexibility index (Phi) is 5.48. The highest BCUT2D eigenvalue weighted by Crippen LogP contribution is 2.30. The Hall–Kier alpha value is -2.09. The third-order valence-electron chi connectivity index (χ3n) is 3.44. The van der Waals surface area contributed by atoms with Crippen LogP contribution in [0.2, 0.25) is 0 Å². The van der Waals surface area contributed by atoms with E-state index < -0.39 is 23.2 Å². The molecule has 0 aliphatic carbocycles. The molecule has 0 bridgehead atoms. The van der Waals surface area contributed by atoms with E-state index in [0.29, 0.717) is 10.0 Å². The number of pyridine rings is 1. The molecule has 1 atom stereocenters. The molecule has 2 rings (SSSR count). The molecule has 2 aromatic rings. The number of halogens is 4. The Bertz CT molecular complexity index is 785. The van der Waals surface area contributed by atoms with E-state index >= 15 is 0 Å². The number of nitrogens with one attached hydrogen (secondary N) is 2. The fourth-order valence-electron chi connectivity index (χ4n) is 2.15. The average Bonchev–Trinajstić information content (AvgIpc) is 2.50. The van der Waals surface area contributed by atoms with Crippen LogP contribution in [0.4, 0.5) is 18.9 Å². The van der Waals surface area contributed by atoms with Gasteiger partial charge in [0, 0.05) is 17.1 Å². The van der Waals surface area contributed by atoms with Gasteiger partial charge in [0.25, 0.3) is 5.56 Å². The highest BCUT2D eigenvalue weighted by Gasteiger charge is 2.30. The molecule has 0 fully saturated rings. The van der Waals surface area contributed by atoms with Gasteiger partial charge in [-0.15, -0.1) is 0 Å². The SMILES string of the molecule is CC(CC(=O)Nc1cc(Br)c[nH]c1=O)c1ccc(C(F)(F)F)cc1. The van der Waals surface area contributed by atoms with Crippen LogP contribution in [0, 0.1) is 0 Å². The van der Waals surface area contributed by atoms with Crippen LogP contribution in [-0.4, -0.2) is 10.9 Å². The van der Waals surface area contributed by atoms with Crippen molar-refractivity contribution in [3.63, 3.8) is 0 Å². The molecule has 8 heteroatoms. The van der Waals surface area contributed by atoms with Gasteiger partial charge >= 0.3 is 6.18 Å². The molecule has 1 aromatic carbocycles. The van der Waals surface area contributed by atoms with Crippen LogP contribution in [0.25, 0.3) is 0 Å². The lowest BCUT2D eigenvalue weighted by Gasteiger charge is -2.13. The summed E-state index contributed by atoms with van der Waals surface area (Å²) in [6.07, 6.45) is -2.90. The normalized spacial score (nSPS) is 12.7. The van der Waals surface area contributed by atoms with Crippen LogP contribution in [0.5, 0.6) is 0 Å². The van der Waals surface area contributed by atoms with Gasteiger partial charge in [-0.3, -0.25) is 9.59 Å². The van der Waals surface area contributed by atoms with Crippen LogP contribution in [0.15, 0.2) is 45.8 Å². The topological polar surface area (TPSA) is 62.0 Å². The number of carbonyl (C=O) groups is 1. The van der Waals surface area contributed by atoms with Crippen molar-refractivity contribution in [3.05, 3.63) is 62.5 Å². The maximum absolute atomic E-state index is 12.5. The molecular weight excluding hydrogens is 389 g/mol. The van der Waals surface area contributed by atoms with Crippen LogP contribution in [-0.2, 0) is 11.0 Å². The minimum absolute atomic E-state index is 0.0390. The summed E-state index contributed by atoms with van der Waals surface area (Å²) in [6.45, 7) is 1.73. The fourth-order valence-corrected chi connectivity index (χ4v) is 2.49. The van der Waals surface area contributed by atoms with Gasteiger partial charge in [0.2, 0.25) is 5.91 Å². The molecule has 2 N–H and O–H groups in total. The molecular formula is C16H14BrF3N2O2. The Morgan fingerprint density at radius 2 is 1.92 bits per heavy atom. The Morgan fingerprint density at radius 3 is 2.50 bits per heavy atom. The summed E-state index contributed by atoms with van der Waals surface area (Å²) in [5, 5.41) is 2.49. The summed E-state index contributed by atoms with van der Waals surface area (Å²) in [6, 6.07) is 6.16. The number of hydrogen-bond acceptors (Lipinski definition) is 2. The highest BCUT2D eigenvalue weighted by molar-refractivity contribution is 9.10. The second kappa shape index (κ2) is 7.21. The zero-order chi connectivity index (χ0) is 17.9. The average molecular weight is 403 g/mol. The lowest BCUT2D eigenvalue weighted by Crippen LogP contribution is -2.20. The lowest BCUT2D eigenvalue weighted by atomic mass is 9.96. The highest BCUT2D eigenvalue weighted by atomic mass is 79.9. The fraction of sp³-hybridized carbons (Fsp3) is 0.250. The van der Waals surface area contributed by atoms with E-state index in [4.69, 9.17) is 0 Å². The van der Waals surface area contributed by atoms with Crippen LogP contribution in [0.1, 0.15) is 30.4 Å². The quantitative estimate of drug-likeness (QED) is 0.801. The zero-order valence-electron chi connectivity index (χ0n) is 12.6. The summed E-state index contributed by atoms with van der Waals surface area (Å²) in [7, 11) is 0. The van der Waals surface area contributed by atoms with Crippen LogP contribution >= 0.6 is 15.9 Å². The van der Waals surface area contributed by atoms with Gasteiger partial charge in [0.05, 0.1) is 5.56 Å². The summed E-state index contributed by atoms with van der Waals surface area (Å²) in [5.41, 5.74) is -0.451. The number of carbonyl (C=O) groups excluding carboxylic acids is 1. The zero-order valence-corrected chi connectivity index (χ0v) is 14.2. The van der Waals surface area contributed by atoms with Gasteiger partial charge in [-0.1, -0.05) is 19.1 Å². The predicted octanol–water partition coefficient (Wildman–Crippen LogP) is 4.29. The number of hydrogen-bond donors (Lipinski definition) is 2. The van der Waals surface area contributed by atoms with Gasteiger partial charge < -0.3 is 10.3 Å². The molecule has 0 radical (unpaired) electrons. The molecule has 24 heavy (non-hydrogen) atoms. The molecule has 1 amide bonds. The molecule has 1 heterocycles. The van der Waals surface area contributed by atoms with Crippen LogP contribution in [0.3, 0.4) is 0 Å². The molecule has 0 saturated carbocycles. The van der Waals surface area contributed by atoms with E-state index in [2.05, 4.69) is 26.2 Å². The minimum Gasteiger partial charge on any atom is -0.326 e. The van der Waals surface area contributed by atoms with Gasteiger partial charge in [-0.2, -0.15) is 13.2 Å².